The van der Waals surface area contributed by atoms with Crippen LogP contribution in [0.3, 0.4) is 0 Å². The summed E-state index contributed by atoms with van der Waals surface area (Å²) in [6, 6.07) is 11.4. The Morgan fingerprint density at radius 2 is 1.48 bits per heavy atom. The summed E-state index contributed by atoms with van der Waals surface area (Å²) in [5.41, 5.74) is 1.19. The first-order valence-electron chi connectivity index (χ1n) is 7.47. The van der Waals surface area contributed by atoms with Crippen LogP contribution in [0.25, 0.3) is 11.1 Å². The first-order chi connectivity index (χ1) is 11.6. The molecule has 7 heteroatoms. The number of hydrogen-bond donors (Lipinski definition) is 1. The van der Waals surface area contributed by atoms with Gasteiger partial charge in [0.1, 0.15) is 11.4 Å². The summed E-state index contributed by atoms with van der Waals surface area (Å²) < 4.78 is 41.5. The van der Waals surface area contributed by atoms with E-state index in [2.05, 4.69) is 0 Å². The van der Waals surface area contributed by atoms with E-state index >= 15 is 0 Å². The van der Waals surface area contributed by atoms with Crippen molar-refractivity contribution in [3.8, 4) is 0 Å². The molecule has 0 saturated heterocycles. The summed E-state index contributed by atoms with van der Waals surface area (Å²) in [5, 5.41) is 5.10. The average Bonchev–Trinajstić information content (AvgIpc) is 2.76. The summed E-state index contributed by atoms with van der Waals surface area (Å²) in [6.45, 7) is 3.49. The highest BCUT2D eigenvalue weighted by Crippen LogP contribution is 2.43. The van der Waals surface area contributed by atoms with Crippen LogP contribution in [-0.4, -0.2) is 20.0 Å². The Kier molecular flexibility index (Phi) is 4.01. The molecule has 0 bridgehead atoms. The van der Waals surface area contributed by atoms with E-state index in [9.17, 15) is 17.6 Å². The van der Waals surface area contributed by atoms with Gasteiger partial charge in [-0.3, -0.25) is 0 Å². The molecule has 0 radical (unpaired) electrons. The van der Waals surface area contributed by atoms with Crippen molar-refractivity contribution in [2.75, 3.05) is 0 Å². The van der Waals surface area contributed by atoms with Crippen molar-refractivity contribution in [3.63, 3.8) is 0 Å². The lowest BCUT2D eigenvalue weighted by molar-refractivity contribution is -0.141. The molecule has 2 aromatic rings. The number of hydrogen-bond acceptors (Lipinski definition) is 4. The van der Waals surface area contributed by atoms with Gasteiger partial charge >= 0.3 is 5.97 Å². The summed E-state index contributed by atoms with van der Waals surface area (Å²) in [4.78, 5) is 12.4. The predicted molar refractivity (Wildman–Crippen MR) is 91.2 cm³/mol. The van der Waals surface area contributed by atoms with Gasteiger partial charge < -0.3 is 4.74 Å². The molecule has 5 nitrogen and oxygen atoms in total. The highest BCUT2D eigenvalue weighted by atomic mass is 32.2. The molecular formula is C18H16FNO4S. The SMILES string of the molecule is CC1(C)OC(=O)C(c2ccc(S(N)(=O)=O)cc2)=C1c1ccc(F)cc1. The van der Waals surface area contributed by atoms with Gasteiger partial charge in [-0.1, -0.05) is 24.3 Å². The van der Waals surface area contributed by atoms with E-state index in [0.717, 1.165) is 0 Å². The summed E-state index contributed by atoms with van der Waals surface area (Å²) in [6.07, 6.45) is 0. The Morgan fingerprint density at radius 1 is 0.960 bits per heavy atom. The average molecular weight is 361 g/mol. The summed E-state index contributed by atoms with van der Waals surface area (Å²) >= 11 is 0. The molecule has 130 valence electrons. The minimum atomic E-state index is -3.82. The zero-order valence-corrected chi connectivity index (χ0v) is 14.4. The molecular weight excluding hydrogens is 345 g/mol. The maximum Gasteiger partial charge on any atom is 0.340 e. The van der Waals surface area contributed by atoms with Crippen LogP contribution in [0.2, 0.25) is 0 Å². The van der Waals surface area contributed by atoms with Crippen molar-refractivity contribution >= 4 is 27.1 Å². The number of rotatable bonds is 3. The lowest BCUT2D eigenvalue weighted by Gasteiger charge is -2.21. The molecule has 0 aliphatic carbocycles. The van der Waals surface area contributed by atoms with E-state index in [4.69, 9.17) is 9.88 Å². The monoisotopic (exact) mass is 361 g/mol. The van der Waals surface area contributed by atoms with Gasteiger partial charge in [0.25, 0.3) is 0 Å². The van der Waals surface area contributed by atoms with E-state index in [1.54, 1.807) is 26.0 Å². The van der Waals surface area contributed by atoms with Crippen LogP contribution in [0, 0.1) is 5.82 Å². The van der Waals surface area contributed by atoms with Crippen LogP contribution in [0.1, 0.15) is 25.0 Å². The molecule has 3 rings (SSSR count). The third-order valence-corrected chi connectivity index (χ3v) is 4.94. The van der Waals surface area contributed by atoms with Gasteiger partial charge in [-0.05, 0) is 49.2 Å². The van der Waals surface area contributed by atoms with Crippen molar-refractivity contribution in [3.05, 3.63) is 65.5 Å². The zero-order valence-electron chi connectivity index (χ0n) is 13.6. The summed E-state index contributed by atoms with van der Waals surface area (Å²) in [5.74, 6) is -0.904. The van der Waals surface area contributed by atoms with Crippen LogP contribution in [0.15, 0.2) is 53.4 Å². The third-order valence-electron chi connectivity index (χ3n) is 4.01. The number of halogens is 1. The molecule has 0 unspecified atom stereocenters. The second-order valence-electron chi connectivity index (χ2n) is 6.23. The van der Waals surface area contributed by atoms with E-state index < -0.39 is 21.6 Å². The minimum Gasteiger partial charge on any atom is -0.451 e. The molecule has 0 fully saturated rings. The molecule has 1 heterocycles. The molecule has 0 saturated carbocycles. The van der Waals surface area contributed by atoms with Gasteiger partial charge in [0.05, 0.1) is 10.5 Å². The normalized spacial score (nSPS) is 16.9. The lowest BCUT2D eigenvalue weighted by Crippen LogP contribution is -2.22. The lowest BCUT2D eigenvalue weighted by atomic mass is 9.87. The maximum atomic E-state index is 13.2. The highest BCUT2D eigenvalue weighted by molar-refractivity contribution is 7.89. The number of cyclic esters (lactones) is 1. The third kappa shape index (κ3) is 3.20. The van der Waals surface area contributed by atoms with Gasteiger partial charge in [-0.25, -0.2) is 22.7 Å². The van der Waals surface area contributed by atoms with Crippen molar-refractivity contribution in [2.45, 2.75) is 24.3 Å². The smallest absolute Gasteiger partial charge is 0.340 e. The molecule has 0 amide bonds. The molecule has 0 spiro atoms. The molecule has 0 atom stereocenters. The fraction of sp³-hybridized carbons (Fsp3) is 0.167. The first-order valence-corrected chi connectivity index (χ1v) is 9.01. The fourth-order valence-electron chi connectivity index (χ4n) is 2.92. The van der Waals surface area contributed by atoms with Gasteiger partial charge in [0.15, 0.2) is 0 Å². The van der Waals surface area contributed by atoms with Crippen LogP contribution in [0.4, 0.5) is 4.39 Å². The standard InChI is InChI=1S/C18H16FNO4S/c1-18(2)16(12-3-7-13(19)8-4-12)15(17(21)24-18)11-5-9-14(10-6-11)25(20,22)23/h3-10H,1-2H3,(H2,20,22,23). The maximum absolute atomic E-state index is 13.2. The molecule has 1 aliphatic heterocycles. The molecule has 0 aromatic heterocycles. The Balaban J connectivity index is 2.20. The van der Waals surface area contributed by atoms with Crippen LogP contribution >= 0.6 is 0 Å². The van der Waals surface area contributed by atoms with Gasteiger partial charge in [-0.2, -0.15) is 0 Å². The predicted octanol–water partition coefficient (Wildman–Crippen LogP) is 2.72. The van der Waals surface area contributed by atoms with Crippen molar-refractivity contribution < 1.29 is 22.3 Å². The van der Waals surface area contributed by atoms with E-state index in [1.807, 2.05) is 0 Å². The topological polar surface area (TPSA) is 86.5 Å². The second-order valence-corrected chi connectivity index (χ2v) is 7.79. The Labute approximate surface area is 145 Å². The van der Waals surface area contributed by atoms with Crippen molar-refractivity contribution in [1.82, 2.24) is 0 Å². The largest absolute Gasteiger partial charge is 0.451 e. The van der Waals surface area contributed by atoms with Crippen LogP contribution in [0.5, 0.6) is 0 Å². The van der Waals surface area contributed by atoms with E-state index in [0.29, 0.717) is 22.3 Å². The number of benzene rings is 2. The van der Waals surface area contributed by atoms with Gasteiger partial charge in [0.2, 0.25) is 10.0 Å². The zero-order chi connectivity index (χ0) is 18.4. The Bertz CT molecular complexity index is 975. The van der Waals surface area contributed by atoms with Crippen LogP contribution < -0.4 is 5.14 Å². The number of sulfonamides is 1. The van der Waals surface area contributed by atoms with E-state index in [1.165, 1.54) is 36.4 Å². The molecule has 25 heavy (non-hydrogen) atoms. The first kappa shape index (κ1) is 17.3. The number of carbonyl (C=O) groups excluding carboxylic acids is 1. The fourth-order valence-corrected chi connectivity index (χ4v) is 3.43. The number of carbonyl (C=O) groups is 1. The Morgan fingerprint density at radius 3 is 2.00 bits per heavy atom. The van der Waals surface area contributed by atoms with E-state index in [-0.39, 0.29) is 10.7 Å². The number of ether oxygens (including phenoxy) is 1. The van der Waals surface area contributed by atoms with Gasteiger partial charge in [-0.15, -0.1) is 0 Å². The van der Waals surface area contributed by atoms with Crippen molar-refractivity contribution in [1.29, 1.82) is 0 Å². The second kappa shape index (κ2) is 5.79. The van der Waals surface area contributed by atoms with Crippen LogP contribution in [-0.2, 0) is 19.6 Å². The molecule has 2 aromatic carbocycles. The Hall–Kier alpha value is -2.51. The number of nitrogens with two attached hydrogens (primary N) is 1. The quantitative estimate of drug-likeness (QED) is 0.852. The van der Waals surface area contributed by atoms with Gasteiger partial charge in [0, 0.05) is 5.57 Å². The van der Waals surface area contributed by atoms with Crippen molar-refractivity contribution in [2.24, 2.45) is 5.14 Å². The molecule has 2 N–H and O–H groups in total. The minimum absolute atomic E-state index is 0.0502. The highest BCUT2D eigenvalue weighted by Gasteiger charge is 2.41. The number of primary sulfonamides is 1. The number of esters is 1. The summed E-state index contributed by atoms with van der Waals surface area (Å²) in [7, 11) is -3.82. The molecule has 1 aliphatic rings.